The van der Waals surface area contributed by atoms with Crippen LogP contribution in [0.15, 0.2) is 28.7 Å². The van der Waals surface area contributed by atoms with Gasteiger partial charge in [0.25, 0.3) is 0 Å². The lowest BCUT2D eigenvalue weighted by atomic mass is 10.3. The highest BCUT2D eigenvalue weighted by molar-refractivity contribution is 9.10. The van der Waals surface area contributed by atoms with Crippen LogP contribution in [-0.2, 0) is 10.0 Å². The fourth-order valence-corrected chi connectivity index (χ4v) is 2.95. The van der Waals surface area contributed by atoms with Crippen molar-refractivity contribution in [2.45, 2.75) is 26.3 Å². The van der Waals surface area contributed by atoms with Crippen LogP contribution in [0.2, 0.25) is 0 Å². The van der Waals surface area contributed by atoms with E-state index < -0.39 is 10.0 Å². The van der Waals surface area contributed by atoms with E-state index in [0.29, 0.717) is 24.7 Å². The molecule has 0 saturated heterocycles. The molecule has 102 valence electrons. The van der Waals surface area contributed by atoms with E-state index in [1.807, 2.05) is 19.9 Å². The summed E-state index contributed by atoms with van der Waals surface area (Å²) in [6.07, 6.45) is 0.599. The Kier molecular flexibility index (Phi) is 6.11. The van der Waals surface area contributed by atoms with E-state index in [4.69, 9.17) is 0 Å². The van der Waals surface area contributed by atoms with E-state index in [0.717, 1.165) is 4.47 Å². The first-order valence-corrected chi connectivity index (χ1v) is 8.33. The number of sulfonamides is 1. The van der Waals surface area contributed by atoms with Crippen LogP contribution in [0, 0.1) is 0 Å². The zero-order valence-corrected chi connectivity index (χ0v) is 13.0. The molecular formula is C12H19BrN2O2S. The van der Waals surface area contributed by atoms with Crippen molar-refractivity contribution in [3.63, 3.8) is 0 Å². The topological polar surface area (TPSA) is 58.2 Å². The van der Waals surface area contributed by atoms with E-state index in [9.17, 15) is 8.42 Å². The molecule has 18 heavy (non-hydrogen) atoms. The van der Waals surface area contributed by atoms with E-state index >= 15 is 0 Å². The molecule has 4 nitrogen and oxygen atoms in total. The molecule has 6 heteroatoms. The number of benzene rings is 1. The second-order valence-electron chi connectivity index (χ2n) is 4.39. The van der Waals surface area contributed by atoms with Crippen LogP contribution in [0.25, 0.3) is 0 Å². The lowest BCUT2D eigenvalue weighted by molar-refractivity contribution is 0.571. The third-order valence-corrected chi connectivity index (χ3v) is 4.11. The van der Waals surface area contributed by atoms with Crippen LogP contribution in [0.3, 0.4) is 0 Å². The van der Waals surface area contributed by atoms with Gasteiger partial charge in [-0.05, 0) is 31.2 Å². The minimum atomic E-state index is -3.26. The SMILES string of the molecule is CC(C)NCCCS(=O)(=O)Nc1cccc(Br)c1. The molecule has 0 heterocycles. The summed E-state index contributed by atoms with van der Waals surface area (Å²) in [6.45, 7) is 4.78. The average molecular weight is 335 g/mol. The number of anilines is 1. The first-order chi connectivity index (χ1) is 8.39. The summed E-state index contributed by atoms with van der Waals surface area (Å²) < 4.78 is 27.0. The van der Waals surface area contributed by atoms with Crippen molar-refractivity contribution in [3.05, 3.63) is 28.7 Å². The molecule has 0 aromatic heterocycles. The maximum Gasteiger partial charge on any atom is 0.232 e. The van der Waals surface area contributed by atoms with Crippen molar-refractivity contribution in [1.29, 1.82) is 0 Å². The molecule has 0 spiro atoms. The number of halogens is 1. The third-order valence-electron chi connectivity index (χ3n) is 2.24. The number of hydrogen-bond acceptors (Lipinski definition) is 3. The number of nitrogens with one attached hydrogen (secondary N) is 2. The highest BCUT2D eigenvalue weighted by Crippen LogP contribution is 2.16. The summed E-state index contributed by atoms with van der Waals surface area (Å²) >= 11 is 3.30. The van der Waals surface area contributed by atoms with Crippen molar-refractivity contribution in [2.24, 2.45) is 0 Å². The van der Waals surface area contributed by atoms with Gasteiger partial charge in [-0.3, -0.25) is 4.72 Å². The molecule has 0 aliphatic heterocycles. The highest BCUT2D eigenvalue weighted by atomic mass is 79.9. The molecule has 0 unspecified atom stereocenters. The lowest BCUT2D eigenvalue weighted by Gasteiger charge is -2.10. The Labute approximate surface area is 117 Å². The summed E-state index contributed by atoms with van der Waals surface area (Å²) in [4.78, 5) is 0. The van der Waals surface area contributed by atoms with Gasteiger partial charge in [-0.2, -0.15) is 0 Å². The molecule has 0 saturated carbocycles. The van der Waals surface area contributed by atoms with Crippen LogP contribution in [0.5, 0.6) is 0 Å². The Bertz CT molecular complexity index is 475. The summed E-state index contributed by atoms with van der Waals surface area (Å²) in [5.74, 6) is 0.124. The molecule has 0 bridgehead atoms. The second-order valence-corrected chi connectivity index (χ2v) is 7.15. The quantitative estimate of drug-likeness (QED) is 0.753. The minimum Gasteiger partial charge on any atom is -0.314 e. The van der Waals surface area contributed by atoms with Crippen LogP contribution in [-0.4, -0.2) is 26.8 Å². The lowest BCUT2D eigenvalue weighted by Crippen LogP contribution is -2.26. The predicted molar refractivity (Wildman–Crippen MR) is 79.3 cm³/mol. The van der Waals surface area contributed by atoms with Gasteiger partial charge >= 0.3 is 0 Å². The van der Waals surface area contributed by atoms with Gasteiger partial charge in [0, 0.05) is 16.2 Å². The van der Waals surface area contributed by atoms with Gasteiger partial charge in [-0.1, -0.05) is 35.8 Å². The Balaban J connectivity index is 2.45. The average Bonchev–Trinajstić information content (AvgIpc) is 2.23. The molecule has 0 aliphatic rings. The summed E-state index contributed by atoms with van der Waals surface area (Å²) in [7, 11) is -3.26. The Morgan fingerprint density at radius 3 is 2.67 bits per heavy atom. The predicted octanol–water partition coefficient (Wildman–Crippen LogP) is 2.58. The zero-order valence-electron chi connectivity index (χ0n) is 10.6. The van der Waals surface area contributed by atoms with Gasteiger partial charge in [-0.25, -0.2) is 8.42 Å². The molecule has 0 radical (unpaired) electrons. The van der Waals surface area contributed by atoms with Crippen molar-refractivity contribution < 1.29 is 8.42 Å². The van der Waals surface area contributed by atoms with Crippen LogP contribution in [0.4, 0.5) is 5.69 Å². The monoisotopic (exact) mass is 334 g/mol. The van der Waals surface area contributed by atoms with Gasteiger partial charge in [0.2, 0.25) is 10.0 Å². The van der Waals surface area contributed by atoms with Crippen LogP contribution >= 0.6 is 15.9 Å². The molecule has 0 atom stereocenters. The standard InChI is InChI=1S/C12H19BrN2O2S/c1-10(2)14-7-4-8-18(16,17)15-12-6-3-5-11(13)9-12/h3,5-6,9-10,14-15H,4,7-8H2,1-2H3. The molecule has 2 N–H and O–H groups in total. The van der Waals surface area contributed by atoms with Crippen molar-refractivity contribution >= 4 is 31.6 Å². The first-order valence-electron chi connectivity index (χ1n) is 5.88. The second kappa shape index (κ2) is 7.11. The van der Waals surface area contributed by atoms with Crippen molar-refractivity contribution in [2.75, 3.05) is 17.0 Å². The van der Waals surface area contributed by atoms with E-state index in [1.165, 1.54) is 0 Å². The van der Waals surface area contributed by atoms with Crippen LogP contribution < -0.4 is 10.0 Å². The number of hydrogen-bond donors (Lipinski definition) is 2. The van der Waals surface area contributed by atoms with Gasteiger partial charge < -0.3 is 5.32 Å². The summed E-state index contributed by atoms with van der Waals surface area (Å²) in [6, 6.07) is 7.50. The maximum absolute atomic E-state index is 11.8. The van der Waals surface area contributed by atoms with Crippen molar-refractivity contribution in [3.8, 4) is 0 Å². The van der Waals surface area contributed by atoms with Gasteiger partial charge in [0.1, 0.15) is 0 Å². The molecule has 1 rings (SSSR count). The molecule has 1 aromatic rings. The summed E-state index contributed by atoms with van der Waals surface area (Å²) in [5, 5.41) is 3.19. The molecule has 0 aliphatic carbocycles. The van der Waals surface area contributed by atoms with E-state index in [2.05, 4.69) is 26.0 Å². The number of rotatable bonds is 7. The fourth-order valence-electron chi connectivity index (χ4n) is 1.44. The van der Waals surface area contributed by atoms with Crippen LogP contribution in [0.1, 0.15) is 20.3 Å². The van der Waals surface area contributed by atoms with Gasteiger partial charge in [0.05, 0.1) is 5.75 Å². The zero-order chi connectivity index (χ0) is 13.6. The van der Waals surface area contributed by atoms with Gasteiger partial charge in [0.15, 0.2) is 0 Å². The fraction of sp³-hybridized carbons (Fsp3) is 0.500. The maximum atomic E-state index is 11.8. The molecular weight excluding hydrogens is 316 g/mol. The highest BCUT2D eigenvalue weighted by Gasteiger charge is 2.10. The van der Waals surface area contributed by atoms with E-state index in [-0.39, 0.29) is 5.75 Å². The normalized spacial score (nSPS) is 11.8. The molecule has 0 fully saturated rings. The van der Waals surface area contributed by atoms with Crippen molar-refractivity contribution in [1.82, 2.24) is 5.32 Å². The van der Waals surface area contributed by atoms with Gasteiger partial charge in [-0.15, -0.1) is 0 Å². The Morgan fingerprint density at radius 2 is 2.06 bits per heavy atom. The summed E-state index contributed by atoms with van der Waals surface area (Å²) in [5.41, 5.74) is 0.584. The van der Waals surface area contributed by atoms with E-state index in [1.54, 1.807) is 18.2 Å². The Morgan fingerprint density at radius 1 is 1.33 bits per heavy atom. The molecule has 0 amide bonds. The minimum absolute atomic E-state index is 0.124. The first kappa shape index (κ1) is 15.5. The largest absolute Gasteiger partial charge is 0.314 e. The third kappa shape index (κ3) is 6.37. The molecule has 1 aromatic carbocycles. The Hall–Kier alpha value is -0.590. The smallest absolute Gasteiger partial charge is 0.232 e.